The molecule has 1 aliphatic rings. The van der Waals surface area contributed by atoms with Crippen LogP contribution in [0.15, 0.2) is 0 Å². The molecule has 0 aromatic rings. The van der Waals surface area contributed by atoms with Crippen LogP contribution < -0.4 is 0 Å². The van der Waals surface area contributed by atoms with Crippen LogP contribution in [0.25, 0.3) is 0 Å². The van der Waals surface area contributed by atoms with Crippen LogP contribution in [0, 0.1) is 12.3 Å². The maximum absolute atomic E-state index is 12.3. The minimum absolute atomic E-state index is 0.0260. The second-order valence-electron chi connectivity index (χ2n) is 5.08. The molecule has 1 rings (SSSR count). The third kappa shape index (κ3) is 5.03. The largest absolute Gasteiger partial charge is 0.480 e. The highest BCUT2D eigenvalue weighted by Gasteiger charge is 2.28. The van der Waals surface area contributed by atoms with Crippen LogP contribution >= 0.6 is 11.8 Å². The van der Waals surface area contributed by atoms with Crippen LogP contribution in [0.4, 0.5) is 4.79 Å². The minimum atomic E-state index is -1.05. The first-order chi connectivity index (χ1) is 8.85. The lowest BCUT2D eigenvalue weighted by molar-refractivity contribution is -0.137. The Morgan fingerprint density at radius 1 is 1.47 bits per heavy atom. The highest BCUT2D eigenvalue weighted by atomic mass is 32.2. The average molecular weight is 284 g/mol. The van der Waals surface area contributed by atoms with E-state index >= 15 is 0 Å². The monoisotopic (exact) mass is 284 g/mol. The number of thioether (sulfide) groups is 1. The van der Waals surface area contributed by atoms with Crippen molar-refractivity contribution in [1.29, 1.82) is 0 Å². The molecule has 0 bridgehead atoms. The number of amides is 2. The van der Waals surface area contributed by atoms with E-state index in [0.717, 1.165) is 12.2 Å². The molecule has 0 radical (unpaired) electrons. The molecule has 106 valence electrons. The topological polar surface area (TPSA) is 60.9 Å². The summed E-state index contributed by atoms with van der Waals surface area (Å²) in [4.78, 5) is 25.9. The van der Waals surface area contributed by atoms with Crippen molar-refractivity contribution in [1.82, 2.24) is 9.80 Å². The predicted molar refractivity (Wildman–Crippen MR) is 76.2 cm³/mol. The Balaban J connectivity index is 2.68. The molecule has 0 saturated carbocycles. The number of terminal acetylenes is 1. The molecule has 1 heterocycles. The van der Waals surface area contributed by atoms with E-state index in [2.05, 4.69) is 19.8 Å². The summed E-state index contributed by atoms with van der Waals surface area (Å²) in [5, 5.41) is 8.81. The Morgan fingerprint density at radius 2 is 2.16 bits per heavy atom. The molecule has 0 unspecified atom stereocenters. The summed E-state index contributed by atoms with van der Waals surface area (Å²) in [7, 11) is 0. The third-order valence-corrected chi connectivity index (χ3v) is 4.36. The summed E-state index contributed by atoms with van der Waals surface area (Å²) in [6.07, 6.45) is 6.08. The van der Waals surface area contributed by atoms with Crippen molar-refractivity contribution in [3.63, 3.8) is 0 Å². The number of rotatable bonds is 3. The van der Waals surface area contributed by atoms with Crippen LogP contribution in [-0.2, 0) is 4.79 Å². The van der Waals surface area contributed by atoms with Crippen molar-refractivity contribution in [2.45, 2.75) is 25.0 Å². The summed E-state index contributed by atoms with van der Waals surface area (Å²) < 4.78 is 0.152. The van der Waals surface area contributed by atoms with E-state index in [0.29, 0.717) is 13.1 Å². The van der Waals surface area contributed by atoms with Gasteiger partial charge in [0, 0.05) is 23.6 Å². The van der Waals surface area contributed by atoms with E-state index in [1.165, 1.54) is 4.90 Å². The van der Waals surface area contributed by atoms with Gasteiger partial charge < -0.3 is 14.9 Å². The van der Waals surface area contributed by atoms with Gasteiger partial charge in [-0.15, -0.1) is 6.42 Å². The van der Waals surface area contributed by atoms with Gasteiger partial charge in [-0.1, -0.05) is 19.8 Å². The lowest BCUT2D eigenvalue weighted by Gasteiger charge is -2.28. The molecule has 1 N–H and O–H groups in total. The van der Waals surface area contributed by atoms with Gasteiger partial charge in [0.05, 0.1) is 6.54 Å². The molecule has 1 saturated heterocycles. The summed E-state index contributed by atoms with van der Waals surface area (Å²) in [5.74, 6) is 2.14. The average Bonchev–Trinajstić information content (AvgIpc) is 2.48. The molecule has 0 spiro atoms. The molecule has 0 aromatic carbocycles. The van der Waals surface area contributed by atoms with Gasteiger partial charge in [-0.05, 0) is 6.42 Å². The molecular weight excluding hydrogens is 264 g/mol. The number of hydrogen-bond acceptors (Lipinski definition) is 3. The normalized spacial score (nSPS) is 18.3. The second kappa shape index (κ2) is 6.71. The van der Waals surface area contributed by atoms with E-state index in [-0.39, 0.29) is 23.9 Å². The number of carbonyl (C=O) groups excluding carboxylic acids is 1. The van der Waals surface area contributed by atoms with E-state index in [4.69, 9.17) is 11.5 Å². The van der Waals surface area contributed by atoms with Crippen LogP contribution in [0.2, 0.25) is 0 Å². The van der Waals surface area contributed by atoms with E-state index in [9.17, 15) is 9.59 Å². The van der Waals surface area contributed by atoms with Gasteiger partial charge in [0.25, 0.3) is 0 Å². The molecule has 0 aliphatic carbocycles. The molecule has 1 fully saturated rings. The number of hydrogen-bond donors (Lipinski definition) is 1. The van der Waals surface area contributed by atoms with E-state index in [1.807, 2.05) is 11.8 Å². The van der Waals surface area contributed by atoms with Crippen molar-refractivity contribution in [3.05, 3.63) is 0 Å². The zero-order valence-corrected chi connectivity index (χ0v) is 12.2. The van der Waals surface area contributed by atoms with E-state index < -0.39 is 5.97 Å². The van der Waals surface area contributed by atoms with Gasteiger partial charge in [0.2, 0.25) is 0 Å². The van der Waals surface area contributed by atoms with Crippen LogP contribution in [0.5, 0.6) is 0 Å². The first-order valence-corrected chi connectivity index (χ1v) is 7.17. The lowest BCUT2D eigenvalue weighted by atomic mass is 10.1. The second-order valence-corrected chi connectivity index (χ2v) is 6.88. The zero-order chi connectivity index (χ0) is 14.5. The molecule has 19 heavy (non-hydrogen) atoms. The Labute approximate surface area is 118 Å². The molecular formula is C13H20N2O3S. The van der Waals surface area contributed by atoms with Crippen LogP contribution in [-0.4, -0.2) is 63.6 Å². The predicted octanol–water partition coefficient (Wildman–Crippen LogP) is 1.34. The fraction of sp³-hybridized carbons (Fsp3) is 0.692. The number of carbonyl (C=O) groups is 2. The highest BCUT2D eigenvalue weighted by Crippen LogP contribution is 2.30. The van der Waals surface area contributed by atoms with Gasteiger partial charge in [0.15, 0.2) is 0 Å². The fourth-order valence-corrected chi connectivity index (χ4v) is 2.98. The first-order valence-electron chi connectivity index (χ1n) is 6.19. The van der Waals surface area contributed by atoms with Crippen molar-refractivity contribution < 1.29 is 14.7 Å². The van der Waals surface area contributed by atoms with Gasteiger partial charge in [-0.3, -0.25) is 4.79 Å². The molecule has 6 heteroatoms. The summed E-state index contributed by atoms with van der Waals surface area (Å²) >= 11 is 1.83. The maximum atomic E-state index is 12.3. The standard InChI is InChI=1S/C13H20N2O3S/c1-4-6-15(10-11(16)17)12(18)14-7-5-13(2,3)19-9-8-14/h1H,5-10H2,2-3H3,(H,16,17). The number of carboxylic acids is 1. The number of urea groups is 1. The molecule has 0 aromatic heterocycles. The molecule has 5 nitrogen and oxygen atoms in total. The minimum Gasteiger partial charge on any atom is -0.480 e. The van der Waals surface area contributed by atoms with Crippen LogP contribution in [0.1, 0.15) is 20.3 Å². The third-order valence-electron chi connectivity index (χ3n) is 2.99. The van der Waals surface area contributed by atoms with E-state index in [1.54, 1.807) is 4.90 Å². The zero-order valence-electron chi connectivity index (χ0n) is 11.4. The molecule has 2 amide bonds. The number of nitrogens with zero attached hydrogens (tertiary/aromatic N) is 2. The Hall–Kier alpha value is -1.35. The van der Waals surface area contributed by atoms with Gasteiger partial charge in [-0.25, -0.2) is 4.79 Å². The number of aliphatic carboxylic acids is 1. The fourth-order valence-electron chi connectivity index (χ4n) is 1.88. The Bertz CT molecular complexity index is 390. The Kier molecular flexibility index (Phi) is 5.55. The van der Waals surface area contributed by atoms with Crippen LogP contribution in [0.3, 0.4) is 0 Å². The summed E-state index contributed by atoms with van der Waals surface area (Å²) in [6, 6.07) is -0.279. The molecule has 1 aliphatic heterocycles. The SMILES string of the molecule is C#CCN(CC(=O)O)C(=O)N1CCSC(C)(C)CC1. The van der Waals surface area contributed by atoms with Gasteiger partial charge in [0.1, 0.15) is 6.54 Å². The Morgan fingerprint density at radius 3 is 2.74 bits per heavy atom. The number of carboxylic acid groups (broad SMARTS) is 1. The highest BCUT2D eigenvalue weighted by molar-refractivity contribution is 8.00. The summed E-state index contributed by atoms with van der Waals surface area (Å²) in [6.45, 7) is 5.26. The lowest BCUT2D eigenvalue weighted by Crippen LogP contribution is -2.46. The van der Waals surface area contributed by atoms with Gasteiger partial charge >= 0.3 is 12.0 Å². The quantitative estimate of drug-likeness (QED) is 0.795. The first kappa shape index (κ1) is 15.7. The smallest absolute Gasteiger partial charge is 0.323 e. The van der Waals surface area contributed by atoms with Gasteiger partial charge in [-0.2, -0.15) is 11.8 Å². The molecule has 0 atom stereocenters. The van der Waals surface area contributed by atoms with Crippen molar-refractivity contribution >= 4 is 23.8 Å². The van der Waals surface area contributed by atoms with Crippen molar-refractivity contribution in [3.8, 4) is 12.3 Å². The maximum Gasteiger partial charge on any atom is 0.323 e. The van der Waals surface area contributed by atoms with Crippen molar-refractivity contribution in [2.24, 2.45) is 0 Å². The summed E-state index contributed by atoms with van der Waals surface area (Å²) in [5.41, 5.74) is 0. The van der Waals surface area contributed by atoms with Crippen molar-refractivity contribution in [2.75, 3.05) is 31.9 Å².